The first-order chi connectivity index (χ1) is 8.87. The molecule has 0 spiro atoms. The molecule has 2 N–H and O–H groups in total. The number of benzene rings is 1. The Morgan fingerprint density at radius 1 is 1.78 bits per heavy atom. The molecular formula is C8H11N. The van der Waals surface area contributed by atoms with Crippen LogP contribution in [0.3, 0.4) is 0 Å². The van der Waals surface area contributed by atoms with Gasteiger partial charge in [-0.1, -0.05) is 30.2 Å². The molecule has 1 aromatic rings. The number of rotatable bonds is 2. The van der Waals surface area contributed by atoms with Crippen LogP contribution in [-0.2, 0) is 0 Å². The Balaban J connectivity index is 3.86. The van der Waals surface area contributed by atoms with Crippen molar-refractivity contribution in [2.75, 3.05) is 0 Å². The molecule has 0 fully saturated rings. The molecule has 48 valence electrons. The second-order valence-corrected chi connectivity index (χ2v) is 1.35. The third-order valence-corrected chi connectivity index (χ3v) is 0.737. The smallest absolute Gasteiger partial charge is 0.119 e. The first kappa shape index (κ1) is 1.15. The van der Waals surface area contributed by atoms with Crippen LogP contribution < -0.4 is 5.72 Å². The van der Waals surface area contributed by atoms with Crippen LogP contribution in [-0.4, -0.2) is 0 Å². The van der Waals surface area contributed by atoms with Gasteiger partial charge in [0, 0.05) is 10.1 Å². The molecular weight excluding hydrogens is 110 g/mol. The van der Waals surface area contributed by atoms with Gasteiger partial charge in [-0.05, 0) is 12.4 Å². The minimum Gasteiger partial charge on any atom is -0.324 e. The molecule has 0 bridgehead atoms. The fourth-order valence-corrected chi connectivity index (χ4v) is 0.368. The average Bonchev–Trinajstić information content (AvgIpc) is 2.32. The van der Waals surface area contributed by atoms with Crippen molar-refractivity contribution in [1.29, 1.82) is 0 Å². The molecule has 1 atom stereocenters. The second-order valence-electron chi connectivity index (χ2n) is 1.35. The van der Waals surface area contributed by atoms with Gasteiger partial charge in [0.15, 0.2) is 0 Å². The van der Waals surface area contributed by atoms with Gasteiger partial charge in [-0.15, -0.1) is 0 Å². The van der Waals surface area contributed by atoms with Gasteiger partial charge in [0.1, 0.15) is 2.82 Å². The lowest BCUT2D eigenvalue weighted by atomic mass is 10.1. The van der Waals surface area contributed by atoms with Crippen molar-refractivity contribution >= 4 is 0 Å². The monoisotopic (exact) mass is 132 g/mol. The highest BCUT2D eigenvalue weighted by Gasteiger charge is 1.93. The minimum absolute atomic E-state index is 0.478. The molecule has 0 aliphatic heterocycles. The molecule has 9 heavy (non-hydrogen) atoms. The predicted molar refractivity (Wildman–Crippen MR) is 39.0 cm³/mol. The lowest BCUT2D eigenvalue weighted by Gasteiger charge is -2.02. The molecule has 0 saturated heterocycles. The summed E-state index contributed by atoms with van der Waals surface area (Å²) in [5.41, 5.74) is -1.40. The third-order valence-electron chi connectivity index (χ3n) is 0.737. The van der Waals surface area contributed by atoms with E-state index < -0.39 is 54.4 Å². The van der Waals surface area contributed by atoms with Crippen LogP contribution in [0.25, 0.3) is 0 Å². The van der Waals surface area contributed by atoms with Crippen LogP contribution in [0.1, 0.15) is 30.8 Å². The van der Waals surface area contributed by atoms with Crippen LogP contribution in [0.5, 0.6) is 0 Å². The van der Waals surface area contributed by atoms with Gasteiger partial charge in [-0.2, -0.15) is 0 Å². The predicted octanol–water partition coefficient (Wildman–Crippen LogP) is 1.71. The van der Waals surface area contributed by atoms with Gasteiger partial charge in [0.2, 0.25) is 0 Å². The van der Waals surface area contributed by atoms with Crippen molar-refractivity contribution in [3.05, 3.63) is 35.8 Å². The molecule has 1 heteroatoms. The molecule has 0 unspecified atom stereocenters. The van der Waals surface area contributed by atoms with Crippen molar-refractivity contribution in [1.82, 2.24) is 0 Å². The summed E-state index contributed by atoms with van der Waals surface area (Å²) in [4.78, 5) is 0. The average molecular weight is 132 g/mol. The maximum Gasteiger partial charge on any atom is 0.119 e. The SMILES string of the molecule is [2H]c1c([2H])c([2H])c([C@]([2H])(N([2H])[2H])C([2H])([2H])[2H])c([2H])c1[2H]. The zero-order valence-electron chi connectivity index (χ0n) is 15.4. The zero-order chi connectivity index (χ0) is 16.0. The van der Waals surface area contributed by atoms with Crippen molar-refractivity contribution < 1.29 is 15.2 Å². The van der Waals surface area contributed by atoms with Crippen LogP contribution >= 0.6 is 0 Å². The van der Waals surface area contributed by atoms with E-state index in [2.05, 4.69) is 0 Å². The maximum atomic E-state index is 7.83. The highest BCUT2D eigenvalue weighted by molar-refractivity contribution is 5.17. The normalized spacial score (nSPS) is 35.9. The quantitative estimate of drug-likeness (QED) is 0.651. The van der Waals surface area contributed by atoms with E-state index >= 15 is 0 Å². The Morgan fingerprint density at radius 3 is 3.11 bits per heavy atom. The molecule has 0 aliphatic rings. The highest BCUT2D eigenvalue weighted by Crippen LogP contribution is 2.06. The molecule has 0 aromatic heterocycles. The fraction of sp³-hybridized carbons (Fsp3) is 0.250. The van der Waals surface area contributed by atoms with E-state index in [9.17, 15) is 0 Å². The summed E-state index contributed by atoms with van der Waals surface area (Å²) in [5, 5.41) is 0. The molecule has 1 rings (SSSR count). The van der Waals surface area contributed by atoms with Gasteiger partial charge in [0.05, 0.1) is 8.22 Å². The first-order valence-corrected chi connectivity index (χ1v) is 2.22. The topological polar surface area (TPSA) is 26.0 Å². The Kier molecular flexibility index (Phi) is 0.337. The maximum absolute atomic E-state index is 7.83. The van der Waals surface area contributed by atoms with Crippen molar-refractivity contribution in [3.8, 4) is 0 Å². The van der Waals surface area contributed by atoms with Crippen LogP contribution in [0, 0.1) is 0 Å². The van der Waals surface area contributed by atoms with Gasteiger partial charge in [0.25, 0.3) is 0 Å². The molecule has 0 radical (unpaired) electrons. The number of nitrogens with two attached hydrogens (primary N) is 1. The van der Waals surface area contributed by atoms with E-state index in [1.807, 2.05) is 0 Å². The summed E-state index contributed by atoms with van der Waals surface area (Å²) in [5.74, 6) is 0. The van der Waals surface area contributed by atoms with Gasteiger partial charge in [-0.25, -0.2) is 0 Å². The van der Waals surface area contributed by atoms with Crippen molar-refractivity contribution in [2.45, 2.75) is 12.9 Å². The Hall–Kier alpha value is -0.820. The Morgan fingerprint density at radius 2 is 2.56 bits per heavy atom. The first-order valence-electron chi connectivity index (χ1n) is 7.62. The lowest BCUT2D eigenvalue weighted by molar-refractivity contribution is 0.818. The van der Waals surface area contributed by atoms with E-state index in [4.69, 9.17) is 15.2 Å². The van der Waals surface area contributed by atoms with Crippen LogP contribution in [0.15, 0.2) is 30.2 Å². The summed E-state index contributed by atoms with van der Waals surface area (Å²) < 4.78 is 81.4. The van der Waals surface area contributed by atoms with Crippen molar-refractivity contribution in [3.63, 3.8) is 0 Å². The molecule has 0 aliphatic carbocycles. The summed E-state index contributed by atoms with van der Waals surface area (Å²) in [6, 6.07) is -7.29. The fourth-order valence-electron chi connectivity index (χ4n) is 0.368. The summed E-state index contributed by atoms with van der Waals surface area (Å²) in [6.45, 7) is -3.26. The minimum atomic E-state index is -3.26. The van der Waals surface area contributed by atoms with E-state index in [1.54, 1.807) is 0 Å². The van der Waals surface area contributed by atoms with Gasteiger partial charge in [-0.3, -0.25) is 0 Å². The van der Waals surface area contributed by atoms with E-state index in [0.717, 1.165) is 0 Å². The number of hydrogen-bond donors (Lipinski definition) is 1. The summed E-state index contributed by atoms with van der Waals surface area (Å²) in [6.07, 6.45) is 0. The van der Waals surface area contributed by atoms with Crippen LogP contribution in [0.2, 0.25) is 2.82 Å². The number of hydrogen-bond acceptors (Lipinski definition) is 1. The molecule has 0 heterocycles. The van der Waals surface area contributed by atoms with Crippen LogP contribution in [0.4, 0.5) is 0 Å². The molecule has 1 aromatic carbocycles. The Bertz CT molecular complexity index is 507. The summed E-state index contributed by atoms with van der Waals surface area (Å²) >= 11 is 0. The van der Waals surface area contributed by atoms with E-state index in [1.165, 1.54) is 0 Å². The molecule has 0 amide bonds. The molecule has 1 nitrogen and oxygen atoms in total. The van der Waals surface area contributed by atoms with E-state index in [0.29, 0.717) is 0 Å². The highest BCUT2D eigenvalue weighted by atomic mass is 14.6. The zero-order valence-corrected chi connectivity index (χ0v) is 4.45. The third kappa shape index (κ3) is 1.54. The second kappa shape index (κ2) is 2.65. The van der Waals surface area contributed by atoms with Crippen molar-refractivity contribution in [2.24, 2.45) is 5.72 Å². The largest absolute Gasteiger partial charge is 0.324 e. The van der Waals surface area contributed by atoms with Gasteiger partial charge >= 0.3 is 0 Å². The van der Waals surface area contributed by atoms with E-state index in [-0.39, 0.29) is 0 Å². The van der Waals surface area contributed by atoms with Gasteiger partial charge < -0.3 is 5.72 Å². The summed E-state index contributed by atoms with van der Waals surface area (Å²) in [7, 11) is 0. The lowest BCUT2D eigenvalue weighted by Crippen LogP contribution is -2.03. The molecule has 0 saturated carbocycles. The standard InChI is InChI=1S/C8H11N/c1-7(9)8-5-3-2-4-6-8/h2-7H,9H2,1H3/t7-/m1/s1/i1D3,2D,3D,4D,5D,6D,7D/hD2. The Labute approximate surface area is 71.1 Å².